The van der Waals surface area contributed by atoms with Crippen LogP contribution >= 0.6 is 0 Å². The summed E-state index contributed by atoms with van der Waals surface area (Å²) in [5.41, 5.74) is 2.31. The summed E-state index contributed by atoms with van der Waals surface area (Å²) in [5.74, 6) is 0.0219. The standard InChI is InChI=1S/C14H12N2O/c1-16-8-4-7-13(16)14(17)12-9-10-5-2-3-6-11(10)15-12/h2-9,15H,1H3. The Morgan fingerprint density at radius 3 is 2.71 bits per heavy atom. The lowest BCUT2D eigenvalue weighted by molar-refractivity contribution is 0.102. The Morgan fingerprint density at radius 1 is 1.18 bits per heavy atom. The summed E-state index contributed by atoms with van der Waals surface area (Å²) in [5, 5.41) is 1.06. The fourth-order valence-electron chi connectivity index (χ4n) is 2.03. The lowest BCUT2D eigenvalue weighted by Crippen LogP contribution is -2.06. The third kappa shape index (κ3) is 1.56. The topological polar surface area (TPSA) is 37.8 Å². The van der Waals surface area contributed by atoms with Crippen molar-refractivity contribution in [3.63, 3.8) is 0 Å². The number of rotatable bonds is 2. The van der Waals surface area contributed by atoms with Gasteiger partial charge in [0, 0.05) is 24.1 Å². The van der Waals surface area contributed by atoms with E-state index in [0.29, 0.717) is 11.4 Å². The first-order valence-corrected chi connectivity index (χ1v) is 5.49. The van der Waals surface area contributed by atoms with Crippen LogP contribution in [0.25, 0.3) is 10.9 Å². The van der Waals surface area contributed by atoms with Crippen LogP contribution in [0.3, 0.4) is 0 Å². The molecule has 3 rings (SSSR count). The lowest BCUT2D eigenvalue weighted by atomic mass is 10.2. The Morgan fingerprint density at radius 2 is 2.00 bits per heavy atom. The van der Waals surface area contributed by atoms with Crippen molar-refractivity contribution in [2.45, 2.75) is 0 Å². The zero-order valence-corrected chi connectivity index (χ0v) is 9.47. The predicted octanol–water partition coefficient (Wildman–Crippen LogP) is 2.74. The van der Waals surface area contributed by atoms with Crippen molar-refractivity contribution >= 4 is 16.7 Å². The maximum Gasteiger partial charge on any atom is 0.225 e. The van der Waals surface area contributed by atoms with Crippen LogP contribution in [-0.4, -0.2) is 15.3 Å². The number of hydrogen-bond acceptors (Lipinski definition) is 1. The fourth-order valence-corrected chi connectivity index (χ4v) is 2.03. The van der Waals surface area contributed by atoms with E-state index in [0.717, 1.165) is 10.9 Å². The third-order valence-electron chi connectivity index (χ3n) is 2.95. The van der Waals surface area contributed by atoms with Crippen LogP contribution in [0.5, 0.6) is 0 Å². The molecule has 0 bridgehead atoms. The number of ketones is 1. The van der Waals surface area contributed by atoms with Crippen molar-refractivity contribution < 1.29 is 4.79 Å². The number of nitrogens with one attached hydrogen (secondary N) is 1. The van der Waals surface area contributed by atoms with E-state index in [2.05, 4.69) is 4.98 Å². The van der Waals surface area contributed by atoms with Gasteiger partial charge in [-0.1, -0.05) is 18.2 Å². The minimum absolute atomic E-state index is 0.0219. The molecule has 2 heterocycles. The molecule has 2 aromatic heterocycles. The predicted molar refractivity (Wildman–Crippen MR) is 67.1 cm³/mol. The van der Waals surface area contributed by atoms with Gasteiger partial charge in [0.05, 0.1) is 11.4 Å². The maximum atomic E-state index is 12.2. The monoisotopic (exact) mass is 224 g/mol. The molecule has 1 N–H and O–H groups in total. The number of fused-ring (bicyclic) bond motifs is 1. The molecular weight excluding hydrogens is 212 g/mol. The van der Waals surface area contributed by atoms with Crippen LogP contribution in [0.2, 0.25) is 0 Å². The van der Waals surface area contributed by atoms with Crippen molar-refractivity contribution in [3.05, 3.63) is 60.0 Å². The second-order valence-electron chi connectivity index (χ2n) is 4.10. The summed E-state index contributed by atoms with van der Waals surface area (Å²) in [4.78, 5) is 15.4. The molecule has 84 valence electrons. The van der Waals surface area contributed by atoms with Gasteiger partial charge in [0.2, 0.25) is 5.78 Å². The largest absolute Gasteiger partial charge is 0.352 e. The Hall–Kier alpha value is -2.29. The van der Waals surface area contributed by atoms with Crippen LogP contribution in [0.4, 0.5) is 0 Å². The fraction of sp³-hybridized carbons (Fsp3) is 0.0714. The number of aromatic amines is 1. The molecule has 0 aliphatic rings. The molecule has 0 atom stereocenters. The molecule has 0 aliphatic heterocycles. The van der Waals surface area contributed by atoms with Crippen LogP contribution in [-0.2, 0) is 7.05 Å². The summed E-state index contributed by atoms with van der Waals surface area (Å²) < 4.78 is 1.83. The number of nitrogens with zero attached hydrogens (tertiary/aromatic N) is 1. The molecule has 1 aromatic carbocycles. The SMILES string of the molecule is Cn1cccc1C(=O)c1cc2ccccc2[nH]1. The van der Waals surface area contributed by atoms with Gasteiger partial charge < -0.3 is 9.55 Å². The van der Waals surface area contributed by atoms with E-state index < -0.39 is 0 Å². The number of H-pyrrole nitrogens is 1. The van der Waals surface area contributed by atoms with Crippen LogP contribution < -0.4 is 0 Å². The first-order valence-electron chi connectivity index (χ1n) is 5.49. The number of aryl methyl sites for hydroxylation is 1. The molecule has 0 amide bonds. The minimum atomic E-state index is 0.0219. The van der Waals surface area contributed by atoms with Gasteiger partial charge in [-0.3, -0.25) is 4.79 Å². The summed E-state index contributed by atoms with van der Waals surface area (Å²) in [6, 6.07) is 13.5. The first-order chi connectivity index (χ1) is 8.25. The third-order valence-corrected chi connectivity index (χ3v) is 2.95. The van der Waals surface area contributed by atoms with Crippen molar-refractivity contribution in [3.8, 4) is 0 Å². The van der Waals surface area contributed by atoms with E-state index in [1.54, 1.807) is 0 Å². The second-order valence-corrected chi connectivity index (χ2v) is 4.10. The van der Waals surface area contributed by atoms with E-state index >= 15 is 0 Å². The Bertz CT molecular complexity index is 658. The zero-order chi connectivity index (χ0) is 11.8. The van der Waals surface area contributed by atoms with Gasteiger partial charge in [0.1, 0.15) is 0 Å². The Kier molecular flexibility index (Phi) is 2.11. The van der Waals surface area contributed by atoms with Crippen LogP contribution in [0.1, 0.15) is 16.2 Å². The molecule has 0 radical (unpaired) electrons. The molecule has 17 heavy (non-hydrogen) atoms. The molecule has 3 nitrogen and oxygen atoms in total. The highest BCUT2D eigenvalue weighted by atomic mass is 16.1. The van der Waals surface area contributed by atoms with Crippen molar-refractivity contribution in [1.29, 1.82) is 0 Å². The Balaban J connectivity index is 2.10. The van der Waals surface area contributed by atoms with Crippen molar-refractivity contribution in [1.82, 2.24) is 9.55 Å². The highest BCUT2D eigenvalue weighted by Gasteiger charge is 2.13. The molecule has 3 aromatic rings. The number of hydrogen-bond donors (Lipinski definition) is 1. The van der Waals surface area contributed by atoms with Crippen molar-refractivity contribution in [2.24, 2.45) is 7.05 Å². The molecule has 0 spiro atoms. The number of aromatic nitrogens is 2. The van der Waals surface area contributed by atoms with E-state index in [9.17, 15) is 4.79 Å². The quantitative estimate of drug-likeness (QED) is 0.668. The van der Waals surface area contributed by atoms with Gasteiger partial charge in [-0.15, -0.1) is 0 Å². The van der Waals surface area contributed by atoms with E-state index in [1.807, 2.05) is 60.3 Å². The van der Waals surface area contributed by atoms with Crippen molar-refractivity contribution in [2.75, 3.05) is 0 Å². The highest BCUT2D eigenvalue weighted by molar-refractivity contribution is 6.09. The van der Waals surface area contributed by atoms with E-state index in [-0.39, 0.29) is 5.78 Å². The van der Waals surface area contributed by atoms with Gasteiger partial charge in [-0.05, 0) is 24.3 Å². The molecule has 0 aliphatic carbocycles. The average Bonchev–Trinajstić information content (AvgIpc) is 2.93. The number of carbonyl (C=O) groups excluding carboxylic acids is 1. The van der Waals surface area contributed by atoms with Gasteiger partial charge in [-0.25, -0.2) is 0 Å². The molecule has 3 heteroatoms. The minimum Gasteiger partial charge on any atom is -0.352 e. The van der Waals surface area contributed by atoms with E-state index in [1.165, 1.54) is 0 Å². The second kappa shape index (κ2) is 3.63. The molecule has 0 saturated carbocycles. The summed E-state index contributed by atoms with van der Waals surface area (Å²) in [6.45, 7) is 0. The number of carbonyl (C=O) groups is 1. The van der Waals surface area contributed by atoms with Gasteiger partial charge in [0.25, 0.3) is 0 Å². The van der Waals surface area contributed by atoms with Gasteiger partial charge >= 0.3 is 0 Å². The zero-order valence-electron chi connectivity index (χ0n) is 9.47. The summed E-state index contributed by atoms with van der Waals surface area (Å²) in [7, 11) is 1.87. The molecular formula is C14H12N2O. The normalized spacial score (nSPS) is 10.9. The van der Waals surface area contributed by atoms with Gasteiger partial charge in [-0.2, -0.15) is 0 Å². The Labute approximate surface area is 98.7 Å². The number of benzene rings is 1. The summed E-state index contributed by atoms with van der Waals surface area (Å²) in [6.07, 6.45) is 1.87. The molecule has 0 saturated heterocycles. The molecule has 0 unspecified atom stereocenters. The highest BCUT2D eigenvalue weighted by Crippen LogP contribution is 2.17. The lowest BCUT2D eigenvalue weighted by Gasteiger charge is -1.99. The maximum absolute atomic E-state index is 12.2. The number of para-hydroxylation sites is 1. The summed E-state index contributed by atoms with van der Waals surface area (Å²) >= 11 is 0. The average molecular weight is 224 g/mol. The smallest absolute Gasteiger partial charge is 0.225 e. The van der Waals surface area contributed by atoms with Gasteiger partial charge in [0.15, 0.2) is 0 Å². The van der Waals surface area contributed by atoms with Crippen LogP contribution in [0.15, 0.2) is 48.7 Å². The first kappa shape index (κ1) is 9.90. The van der Waals surface area contributed by atoms with Crippen LogP contribution in [0, 0.1) is 0 Å². The molecule has 0 fully saturated rings. The van der Waals surface area contributed by atoms with E-state index in [4.69, 9.17) is 0 Å².